The smallest absolute Gasteiger partial charge is 0.315 e. The van der Waals surface area contributed by atoms with Gasteiger partial charge in [-0.3, -0.25) is 4.79 Å². The minimum absolute atomic E-state index is 0.149. The van der Waals surface area contributed by atoms with Gasteiger partial charge in [-0.25, -0.2) is 4.79 Å². The van der Waals surface area contributed by atoms with Crippen LogP contribution in [0, 0.1) is 18.3 Å². The van der Waals surface area contributed by atoms with Crippen LogP contribution in [0.25, 0.3) is 0 Å². The van der Waals surface area contributed by atoms with E-state index in [9.17, 15) is 9.59 Å². The number of carbonyl (C=O) groups excluding carboxylic acids is 2. The second-order valence-electron chi connectivity index (χ2n) is 5.32. The second kappa shape index (κ2) is 9.24. The van der Waals surface area contributed by atoms with Crippen LogP contribution in [0.1, 0.15) is 45.4 Å². The third-order valence-electron chi connectivity index (χ3n) is 3.74. The van der Waals surface area contributed by atoms with Gasteiger partial charge in [0.15, 0.2) is 0 Å². The van der Waals surface area contributed by atoms with Crippen molar-refractivity contribution in [3.63, 3.8) is 0 Å². The minimum atomic E-state index is -0.201. The Morgan fingerprint density at radius 2 is 1.95 bits per heavy atom. The highest BCUT2D eigenvalue weighted by atomic mass is 16.2. The number of hydrogen-bond acceptors (Lipinski definition) is 2. The first-order chi connectivity index (χ1) is 9.63. The van der Waals surface area contributed by atoms with E-state index < -0.39 is 0 Å². The molecule has 0 aromatic carbocycles. The van der Waals surface area contributed by atoms with Gasteiger partial charge in [-0.05, 0) is 25.7 Å². The molecule has 3 N–H and O–H groups in total. The Hall–Kier alpha value is -1.70. The van der Waals surface area contributed by atoms with Gasteiger partial charge in [0.25, 0.3) is 0 Å². The molecule has 0 saturated heterocycles. The van der Waals surface area contributed by atoms with Gasteiger partial charge in [0.05, 0.1) is 6.54 Å². The molecule has 112 valence electrons. The fourth-order valence-electron chi connectivity index (χ4n) is 2.54. The van der Waals surface area contributed by atoms with E-state index in [-0.39, 0.29) is 30.9 Å². The number of rotatable bonds is 6. The van der Waals surface area contributed by atoms with Crippen molar-refractivity contribution in [2.45, 2.75) is 51.5 Å². The van der Waals surface area contributed by atoms with Crippen LogP contribution in [0.5, 0.6) is 0 Å². The molecule has 1 aliphatic rings. The second-order valence-corrected chi connectivity index (χ2v) is 5.32. The minimum Gasteiger partial charge on any atom is -0.345 e. The first-order valence-corrected chi connectivity index (χ1v) is 7.38. The average molecular weight is 279 g/mol. The molecule has 0 unspecified atom stereocenters. The van der Waals surface area contributed by atoms with Crippen molar-refractivity contribution in [1.82, 2.24) is 16.0 Å². The van der Waals surface area contributed by atoms with Crippen molar-refractivity contribution in [3.8, 4) is 12.3 Å². The van der Waals surface area contributed by atoms with E-state index >= 15 is 0 Å². The molecule has 0 radical (unpaired) electrons. The summed E-state index contributed by atoms with van der Waals surface area (Å²) in [5, 5.41) is 8.20. The number of urea groups is 1. The van der Waals surface area contributed by atoms with Crippen molar-refractivity contribution in [2.24, 2.45) is 5.92 Å². The van der Waals surface area contributed by atoms with Crippen molar-refractivity contribution >= 4 is 11.9 Å². The van der Waals surface area contributed by atoms with Gasteiger partial charge >= 0.3 is 6.03 Å². The maximum absolute atomic E-state index is 11.7. The summed E-state index contributed by atoms with van der Waals surface area (Å²) in [7, 11) is 0. The predicted octanol–water partition coefficient (Wildman–Crippen LogP) is 1.39. The Bertz CT molecular complexity index is 357. The van der Waals surface area contributed by atoms with E-state index in [1.807, 2.05) is 0 Å². The zero-order chi connectivity index (χ0) is 14.8. The summed E-state index contributed by atoms with van der Waals surface area (Å²) < 4.78 is 0. The molecule has 0 heterocycles. The first kappa shape index (κ1) is 16.4. The maximum atomic E-state index is 11.7. The van der Waals surface area contributed by atoms with Crippen molar-refractivity contribution < 1.29 is 9.59 Å². The number of nitrogens with one attached hydrogen (secondary N) is 3. The maximum Gasteiger partial charge on any atom is 0.315 e. The first-order valence-electron chi connectivity index (χ1n) is 7.38. The van der Waals surface area contributed by atoms with Crippen LogP contribution in [0.3, 0.4) is 0 Å². The van der Waals surface area contributed by atoms with Crippen LogP contribution in [0.4, 0.5) is 4.79 Å². The highest BCUT2D eigenvalue weighted by Crippen LogP contribution is 2.26. The van der Waals surface area contributed by atoms with Crippen LogP contribution in [0.15, 0.2) is 0 Å². The summed E-state index contributed by atoms with van der Waals surface area (Å²) in [6, 6.07) is -0.0154. The fourth-order valence-corrected chi connectivity index (χ4v) is 2.54. The lowest BCUT2D eigenvalue weighted by Gasteiger charge is -2.28. The van der Waals surface area contributed by atoms with Crippen molar-refractivity contribution in [2.75, 3.05) is 13.1 Å². The Kier molecular flexibility index (Phi) is 7.56. The lowest BCUT2D eigenvalue weighted by Crippen LogP contribution is -2.45. The van der Waals surface area contributed by atoms with Crippen LogP contribution >= 0.6 is 0 Å². The number of terminal acetylenes is 1. The average Bonchev–Trinajstić information content (AvgIpc) is 2.46. The Morgan fingerprint density at radius 3 is 2.60 bits per heavy atom. The summed E-state index contributed by atoms with van der Waals surface area (Å²) in [6.45, 7) is 2.60. The molecule has 0 aliphatic heterocycles. The monoisotopic (exact) mass is 279 g/mol. The van der Waals surface area contributed by atoms with E-state index in [1.165, 1.54) is 32.1 Å². The molecule has 5 nitrogen and oxygen atoms in total. The fraction of sp³-hybridized carbons (Fsp3) is 0.733. The molecule has 1 rings (SSSR count). The van der Waals surface area contributed by atoms with E-state index in [4.69, 9.17) is 6.42 Å². The van der Waals surface area contributed by atoms with Gasteiger partial charge in [0.1, 0.15) is 0 Å². The molecule has 5 heteroatoms. The van der Waals surface area contributed by atoms with Gasteiger partial charge in [-0.2, -0.15) is 0 Å². The van der Waals surface area contributed by atoms with E-state index in [1.54, 1.807) is 0 Å². The molecule has 3 amide bonds. The van der Waals surface area contributed by atoms with E-state index in [0.717, 1.165) is 0 Å². The molecule has 1 saturated carbocycles. The Labute approximate surface area is 121 Å². The van der Waals surface area contributed by atoms with Gasteiger partial charge in [-0.15, -0.1) is 6.42 Å². The van der Waals surface area contributed by atoms with Crippen LogP contribution in [-0.4, -0.2) is 31.1 Å². The van der Waals surface area contributed by atoms with E-state index in [0.29, 0.717) is 12.5 Å². The third kappa shape index (κ3) is 6.46. The molecular formula is C15H25N3O2. The van der Waals surface area contributed by atoms with Gasteiger partial charge < -0.3 is 16.0 Å². The molecule has 0 spiro atoms. The molecule has 20 heavy (non-hydrogen) atoms. The molecular weight excluding hydrogens is 254 g/mol. The molecule has 0 aromatic rings. The Balaban J connectivity index is 2.13. The van der Waals surface area contributed by atoms with Gasteiger partial charge in [0.2, 0.25) is 5.91 Å². The van der Waals surface area contributed by atoms with E-state index in [2.05, 4.69) is 28.8 Å². The SMILES string of the molecule is C#CCNC(=O)CCNC(=O)N[C@H](C)C1CCCCC1. The molecule has 1 fully saturated rings. The number of hydrogen-bond donors (Lipinski definition) is 3. The molecule has 1 atom stereocenters. The summed E-state index contributed by atoms with van der Waals surface area (Å²) in [5.41, 5.74) is 0. The van der Waals surface area contributed by atoms with Gasteiger partial charge in [0, 0.05) is 19.0 Å². The predicted molar refractivity (Wildman–Crippen MR) is 79.0 cm³/mol. The lowest BCUT2D eigenvalue weighted by molar-refractivity contribution is -0.120. The topological polar surface area (TPSA) is 70.2 Å². The molecule has 0 bridgehead atoms. The number of amides is 3. The van der Waals surface area contributed by atoms with Crippen LogP contribution in [-0.2, 0) is 4.79 Å². The lowest BCUT2D eigenvalue weighted by atomic mass is 9.85. The summed E-state index contributed by atoms with van der Waals surface area (Å²) in [6.07, 6.45) is 11.5. The quantitative estimate of drug-likeness (QED) is 0.643. The highest BCUT2D eigenvalue weighted by Gasteiger charge is 2.21. The summed E-state index contributed by atoms with van der Waals surface area (Å²) in [5.74, 6) is 2.76. The summed E-state index contributed by atoms with van der Waals surface area (Å²) in [4.78, 5) is 23.0. The largest absolute Gasteiger partial charge is 0.345 e. The Morgan fingerprint density at radius 1 is 1.25 bits per heavy atom. The van der Waals surface area contributed by atoms with Crippen molar-refractivity contribution in [3.05, 3.63) is 0 Å². The molecule has 1 aliphatic carbocycles. The van der Waals surface area contributed by atoms with Crippen LogP contribution < -0.4 is 16.0 Å². The van der Waals surface area contributed by atoms with Crippen LogP contribution in [0.2, 0.25) is 0 Å². The van der Waals surface area contributed by atoms with Crippen molar-refractivity contribution in [1.29, 1.82) is 0 Å². The summed E-state index contributed by atoms with van der Waals surface area (Å²) >= 11 is 0. The molecule has 0 aromatic heterocycles. The third-order valence-corrected chi connectivity index (χ3v) is 3.74. The zero-order valence-corrected chi connectivity index (χ0v) is 12.2. The standard InChI is InChI=1S/C15H25N3O2/c1-3-10-16-14(19)9-11-17-15(20)18-12(2)13-7-5-4-6-8-13/h1,12-13H,4-11H2,2H3,(H,16,19)(H2,17,18,20)/t12-/m1/s1. The zero-order valence-electron chi connectivity index (χ0n) is 12.2. The number of carbonyl (C=O) groups is 2. The van der Waals surface area contributed by atoms with Gasteiger partial charge in [-0.1, -0.05) is 25.2 Å². The normalized spacial score (nSPS) is 16.8. The highest BCUT2D eigenvalue weighted by molar-refractivity contribution is 5.78.